The van der Waals surface area contributed by atoms with Crippen molar-refractivity contribution in [2.24, 2.45) is 5.73 Å². The van der Waals surface area contributed by atoms with Crippen LogP contribution in [-0.2, 0) is 11.2 Å². The van der Waals surface area contributed by atoms with Crippen molar-refractivity contribution in [3.8, 4) is 0 Å². The quantitative estimate of drug-likeness (QED) is 0.845. The number of hydrogen-bond donors (Lipinski definition) is 1. The molecule has 0 aromatic heterocycles. The molecule has 2 aliphatic rings. The average molecular weight is 229 g/mol. The van der Waals surface area contributed by atoms with Gasteiger partial charge in [0.2, 0.25) is 0 Å². The van der Waals surface area contributed by atoms with Crippen molar-refractivity contribution in [3.63, 3.8) is 0 Å². The summed E-state index contributed by atoms with van der Waals surface area (Å²) in [6.07, 6.45) is 3.01. The molecule has 2 N–H and O–H groups in total. The third kappa shape index (κ3) is 1.63. The minimum atomic E-state index is -0.138. The van der Waals surface area contributed by atoms with E-state index in [0.717, 1.165) is 25.9 Å². The van der Waals surface area contributed by atoms with Crippen LogP contribution < -0.4 is 5.73 Å². The topological polar surface area (TPSA) is 35.2 Å². The lowest BCUT2D eigenvalue weighted by atomic mass is 9.85. The molecule has 3 rings (SSSR count). The molecule has 0 spiro atoms. The highest BCUT2D eigenvalue weighted by molar-refractivity contribution is 5.78. The Labute approximate surface area is 102 Å². The number of ether oxygens (including phenoxy) is 1. The molecule has 1 aromatic rings. The van der Waals surface area contributed by atoms with Gasteiger partial charge in [0.25, 0.3) is 0 Å². The Hall–Kier alpha value is -1.12. The predicted molar refractivity (Wildman–Crippen MR) is 69.7 cm³/mol. The minimum Gasteiger partial charge on any atom is -0.371 e. The smallest absolute Gasteiger partial charge is 0.0884 e. The Balaban J connectivity index is 2.05. The summed E-state index contributed by atoms with van der Waals surface area (Å²) in [6.45, 7) is 3.70. The summed E-state index contributed by atoms with van der Waals surface area (Å²) in [5, 5.41) is 0. The summed E-state index contributed by atoms with van der Waals surface area (Å²) in [6, 6.07) is 8.73. The van der Waals surface area contributed by atoms with Crippen molar-refractivity contribution in [1.82, 2.24) is 0 Å². The number of fused-ring (bicyclic) bond motifs is 2. The standard InChI is InChI=1S/C15H19NO/c1-15(7-8-16)14-10-11-4-2-3-5-12(11)13(14)6-9-17-15/h2-5H,6-10,16H2,1H3. The summed E-state index contributed by atoms with van der Waals surface area (Å²) < 4.78 is 6.01. The molecule has 1 aromatic carbocycles. The number of nitrogens with two attached hydrogens (primary N) is 1. The van der Waals surface area contributed by atoms with Crippen molar-refractivity contribution in [2.75, 3.05) is 13.2 Å². The molecule has 0 fully saturated rings. The van der Waals surface area contributed by atoms with E-state index in [9.17, 15) is 0 Å². The van der Waals surface area contributed by atoms with E-state index in [1.54, 1.807) is 0 Å². The molecule has 2 nitrogen and oxygen atoms in total. The van der Waals surface area contributed by atoms with Gasteiger partial charge in [-0.05, 0) is 55.0 Å². The second kappa shape index (κ2) is 3.97. The van der Waals surface area contributed by atoms with E-state index in [1.807, 2.05) is 0 Å². The Morgan fingerprint density at radius 1 is 1.35 bits per heavy atom. The van der Waals surface area contributed by atoms with Gasteiger partial charge >= 0.3 is 0 Å². The van der Waals surface area contributed by atoms with E-state index in [2.05, 4.69) is 31.2 Å². The normalized spacial score (nSPS) is 26.9. The van der Waals surface area contributed by atoms with Gasteiger partial charge < -0.3 is 10.5 Å². The lowest BCUT2D eigenvalue weighted by Gasteiger charge is -2.36. The van der Waals surface area contributed by atoms with Gasteiger partial charge in [-0.25, -0.2) is 0 Å². The molecule has 17 heavy (non-hydrogen) atoms. The molecule has 0 saturated carbocycles. The first kappa shape index (κ1) is 11.0. The first-order chi connectivity index (χ1) is 8.24. The second-order valence-corrected chi connectivity index (χ2v) is 5.16. The molecule has 2 heteroatoms. The van der Waals surface area contributed by atoms with Crippen molar-refractivity contribution < 1.29 is 4.74 Å². The fourth-order valence-corrected chi connectivity index (χ4v) is 3.18. The molecule has 1 unspecified atom stereocenters. The fraction of sp³-hybridized carbons (Fsp3) is 0.467. The van der Waals surface area contributed by atoms with E-state index in [4.69, 9.17) is 10.5 Å². The van der Waals surface area contributed by atoms with E-state index in [0.29, 0.717) is 6.54 Å². The van der Waals surface area contributed by atoms with Crippen LogP contribution in [-0.4, -0.2) is 18.8 Å². The zero-order valence-corrected chi connectivity index (χ0v) is 10.3. The van der Waals surface area contributed by atoms with Crippen molar-refractivity contribution in [1.29, 1.82) is 0 Å². The Kier molecular flexibility index (Phi) is 2.57. The molecule has 90 valence electrons. The van der Waals surface area contributed by atoms with Crippen molar-refractivity contribution in [3.05, 3.63) is 41.0 Å². The Morgan fingerprint density at radius 3 is 3.00 bits per heavy atom. The van der Waals surface area contributed by atoms with E-state index in [-0.39, 0.29) is 5.60 Å². The molecule has 1 aliphatic heterocycles. The predicted octanol–water partition coefficient (Wildman–Crippen LogP) is 2.52. The number of rotatable bonds is 2. The highest BCUT2D eigenvalue weighted by Gasteiger charge is 2.38. The maximum atomic E-state index is 6.01. The largest absolute Gasteiger partial charge is 0.371 e. The molecule has 0 radical (unpaired) electrons. The van der Waals surface area contributed by atoms with Gasteiger partial charge in [-0.3, -0.25) is 0 Å². The summed E-state index contributed by atoms with van der Waals surface area (Å²) in [5.41, 5.74) is 11.5. The Morgan fingerprint density at radius 2 is 2.18 bits per heavy atom. The second-order valence-electron chi connectivity index (χ2n) is 5.16. The summed E-state index contributed by atoms with van der Waals surface area (Å²) >= 11 is 0. The minimum absolute atomic E-state index is 0.138. The van der Waals surface area contributed by atoms with Crippen LogP contribution in [0.15, 0.2) is 29.8 Å². The lowest BCUT2D eigenvalue weighted by Crippen LogP contribution is -2.37. The van der Waals surface area contributed by atoms with Gasteiger partial charge in [0.15, 0.2) is 0 Å². The number of benzene rings is 1. The van der Waals surface area contributed by atoms with E-state index >= 15 is 0 Å². The van der Waals surface area contributed by atoms with Crippen LogP contribution in [0.25, 0.3) is 5.57 Å². The maximum Gasteiger partial charge on any atom is 0.0884 e. The fourth-order valence-electron chi connectivity index (χ4n) is 3.18. The average Bonchev–Trinajstić information content (AvgIpc) is 2.70. The first-order valence-electron chi connectivity index (χ1n) is 6.39. The van der Waals surface area contributed by atoms with Gasteiger partial charge in [0.1, 0.15) is 0 Å². The monoisotopic (exact) mass is 229 g/mol. The SMILES string of the molecule is CC1(CCN)OCCC2=C1Cc1ccccc12. The zero-order chi connectivity index (χ0) is 11.9. The van der Waals surface area contributed by atoms with Crippen LogP contribution in [0.3, 0.4) is 0 Å². The molecular formula is C15H19NO. The van der Waals surface area contributed by atoms with E-state index in [1.165, 1.54) is 22.3 Å². The van der Waals surface area contributed by atoms with Crippen LogP contribution in [0.5, 0.6) is 0 Å². The lowest BCUT2D eigenvalue weighted by molar-refractivity contribution is -0.0127. The highest BCUT2D eigenvalue weighted by atomic mass is 16.5. The van der Waals surface area contributed by atoms with Crippen LogP contribution in [0.4, 0.5) is 0 Å². The van der Waals surface area contributed by atoms with Gasteiger partial charge in [-0.1, -0.05) is 24.3 Å². The Bertz CT molecular complexity index is 478. The molecule has 0 bridgehead atoms. The first-order valence-corrected chi connectivity index (χ1v) is 6.39. The maximum absolute atomic E-state index is 6.01. The van der Waals surface area contributed by atoms with Crippen LogP contribution >= 0.6 is 0 Å². The molecule has 1 atom stereocenters. The molecule has 1 heterocycles. The van der Waals surface area contributed by atoms with E-state index < -0.39 is 0 Å². The van der Waals surface area contributed by atoms with Gasteiger partial charge in [-0.15, -0.1) is 0 Å². The van der Waals surface area contributed by atoms with Crippen molar-refractivity contribution >= 4 is 5.57 Å². The molecule has 0 saturated heterocycles. The van der Waals surface area contributed by atoms with Crippen LogP contribution in [0.2, 0.25) is 0 Å². The van der Waals surface area contributed by atoms with Crippen LogP contribution in [0.1, 0.15) is 30.9 Å². The van der Waals surface area contributed by atoms with Crippen LogP contribution in [0, 0.1) is 0 Å². The third-order valence-electron chi connectivity index (χ3n) is 4.11. The summed E-state index contributed by atoms with van der Waals surface area (Å²) in [5.74, 6) is 0. The molecule has 0 amide bonds. The van der Waals surface area contributed by atoms with Gasteiger partial charge in [0.05, 0.1) is 12.2 Å². The highest BCUT2D eigenvalue weighted by Crippen LogP contribution is 2.45. The third-order valence-corrected chi connectivity index (χ3v) is 4.11. The summed E-state index contributed by atoms with van der Waals surface area (Å²) in [4.78, 5) is 0. The van der Waals surface area contributed by atoms with Crippen molar-refractivity contribution in [2.45, 2.75) is 31.8 Å². The molecule has 1 aliphatic carbocycles. The molecular weight excluding hydrogens is 210 g/mol. The zero-order valence-electron chi connectivity index (χ0n) is 10.3. The van der Waals surface area contributed by atoms with Gasteiger partial charge in [0, 0.05) is 0 Å². The summed E-state index contributed by atoms with van der Waals surface area (Å²) in [7, 11) is 0. The van der Waals surface area contributed by atoms with Gasteiger partial charge in [-0.2, -0.15) is 0 Å². The number of hydrogen-bond acceptors (Lipinski definition) is 2.